The predicted octanol–water partition coefficient (Wildman–Crippen LogP) is 2.71. The Morgan fingerprint density at radius 1 is 1.20 bits per heavy atom. The number of aryl methyl sites for hydroxylation is 1. The van der Waals surface area contributed by atoms with Crippen molar-refractivity contribution in [3.05, 3.63) is 58.6 Å². The summed E-state index contributed by atoms with van der Waals surface area (Å²) < 4.78 is 26.9. The van der Waals surface area contributed by atoms with E-state index in [0.717, 1.165) is 11.1 Å². The van der Waals surface area contributed by atoms with Crippen LogP contribution in [0.2, 0.25) is 5.02 Å². The van der Waals surface area contributed by atoms with Crippen molar-refractivity contribution in [2.24, 2.45) is 0 Å². The second kappa shape index (κ2) is 5.83. The number of nitrogens with two attached hydrogens (primary N) is 1. The zero-order valence-electron chi connectivity index (χ0n) is 10.9. The highest BCUT2D eigenvalue weighted by Crippen LogP contribution is 2.22. The van der Waals surface area contributed by atoms with Crippen LogP contribution in [0.25, 0.3) is 0 Å². The quantitative estimate of drug-likeness (QED) is 0.853. The molecule has 3 N–H and O–H groups in total. The molecule has 0 amide bonds. The molecule has 0 fully saturated rings. The first-order valence-electron chi connectivity index (χ1n) is 5.99. The fourth-order valence-electron chi connectivity index (χ4n) is 1.75. The summed E-state index contributed by atoms with van der Waals surface area (Å²) in [6.45, 7) is 2.17. The van der Waals surface area contributed by atoms with Gasteiger partial charge in [-0.3, -0.25) is 0 Å². The first-order valence-corrected chi connectivity index (χ1v) is 7.85. The van der Waals surface area contributed by atoms with Crippen LogP contribution >= 0.6 is 11.6 Å². The van der Waals surface area contributed by atoms with Gasteiger partial charge >= 0.3 is 0 Å². The molecule has 20 heavy (non-hydrogen) atoms. The minimum atomic E-state index is -3.60. The zero-order valence-corrected chi connectivity index (χ0v) is 12.5. The van der Waals surface area contributed by atoms with Crippen LogP contribution in [0.15, 0.2) is 47.4 Å². The van der Waals surface area contributed by atoms with Crippen molar-refractivity contribution >= 4 is 27.3 Å². The summed E-state index contributed by atoms with van der Waals surface area (Å²) in [5.74, 6) is 0. The Balaban J connectivity index is 2.19. The maximum absolute atomic E-state index is 12.2. The van der Waals surface area contributed by atoms with Gasteiger partial charge in [-0.25, -0.2) is 13.1 Å². The third-order valence-electron chi connectivity index (χ3n) is 2.99. The number of nitrogen functional groups attached to an aromatic ring is 1. The molecule has 0 aliphatic rings. The van der Waals surface area contributed by atoms with E-state index in [9.17, 15) is 8.42 Å². The molecular weight excluding hydrogens is 296 g/mol. The monoisotopic (exact) mass is 310 g/mol. The van der Waals surface area contributed by atoms with Crippen molar-refractivity contribution in [2.45, 2.75) is 18.4 Å². The highest BCUT2D eigenvalue weighted by atomic mass is 35.5. The van der Waals surface area contributed by atoms with E-state index >= 15 is 0 Å². The molecule has 0 saturated carbocycles. The summed E-state index contributed by atoms with van der Waals surface area (Å²) in [6, 6.07) is 11.8. The van der Waals surface area contributed by atoms with Crippen molar-refractivity contribution in [3.8, 4) is 0 Å². The van der Waals surface area contributed by atoms with E-state index in [2.05, 4.69) is 4.72 Å². The van der Waals surface area contributed by atoms with Gasteiger partial charge in [0.05, 0.1) is 15.6 Å². The Morgan fingerprint density at radius 2 is 1.90 bits per heavy atom. The third kappa shape index (κ3) is 3.30. The van der Waals surface area contributed by atoms with Crippen LogP contribution in [0.3, 0.4) is 0 Å². The molecule has 6 heteroatoms. The first kappa shape index (κ1) is 14.8. The molecule has 0 heterocycles. The maximum atomic E-state index is 12.2. The molecule has 0 atom stereocenters. The lowest BCUT2D eigenvalue weighted by molar-refractivity contribution is 0.581. The fraction of sp³-hybridized carbons (Fsp3) is 0.143. The second-order valence-corrected chi connectivity index (χ2v) is 6.61. The molecule has 2 aromatic carbocycles. The molecule has 106 valence electrons. The SMILES string of the molecule is Cc1ccccc1CNS(=O)(=O)c1ccc(Cl)c(N)c1. The number of rotatable bonds is 4. The molecular formula is C14H15ClN2O2S. The average Bonchev–Trinajstić information content (AvgIpc) is 2.41. The third-order valence-corrected chi connectivity index (χ3v) is 4.73. The van der Waals surface area contributed by atoms with Gasteiger partial charge in [0.1, 0.15) is 0 Å². The van der Waals surface area contributed by atoms with Crippen LogP contribution in [-0.4, -0.2) is 8.42 Å². The molecule has 0 bridgehead atoms. The van der Waals surface area contributed by atoms with Gasteiger partial charge in [-0.1, -0.05) is 35.9 Å². The first-order chi connectivity index (χ1) is 9.40. The Hall–Kier alpha value is -1.56. The number of halogens is 1. The van der Waals surface area contributed by atoms with Gasteiger partial charge in [-0.05, 0) is 36.2 Å². The highest BCUT2D eigenvalue weighted by Gasteiger charge is 2.15. The van der Waals surface area contributed by atoms with E-state index in [1.165, 1.54) is 18.2 Å². The van der Waals surface area contributed by atoms with Gasteiger partial charge in [-0.15, -0.1) is 0 Å². The van der Waals surface area contributed by atoms with Crippen molar-refractivity contribution in [1.29, 1.82) is 0 Å². The number of hydrogen-bond donors (Lipinski definition) is 2. The van der Waals surface area contributed by atoms with Crippen LogP contribution in [0.5, 0.6) is 0 Å². The summed E-state index contributed by atoms with van der Waals surface area (Å²) in [5, 5.41) is 0.336. The molecule has 0 aliphatic heterocycles. The molecule has 0 radical (unpaired) electrons. The van der Waals surface area contributed by atoms with E-state index in [-0.39, 0.29) is 17.1 Å². The Kier molecular flexibility index (Phi) is 4.32. The van der Waals surface area contributed by atoms with Gasteiger partial charge in [0, 0.05) is 6.54 Å². The molecule has 0 spiro atoms. The second-order valence-electron chi connectivity index (χ2n) is 4.43. The Morgan fingerprint density at radius 3 is 2.55 bits per heavy atom. The van der Waals surface area contributed by atoms with E-state index in [1.807, 2.05) is 31.2 Å². The van der Waals surface area contributed by atoms with Gasteiger partial charge < -0.3 is 5.73 Å². The van der Waals surface area contributed by atoms with Crippen molar-refractivity contribution in [3.63, 3.8) is 0 Å². The zero-order chi connectivity index (χ0) is 14.8. The largest absolute Gasteiger partial charge is 0.397 e. The highest BCUT2D eigenvalue weighted by molar-refractivity contribution is 7.89. The molecule has 0 unspecified atom stereocenters. The number of anilines is 1. The molecule has 0 aliphatic carbocycles. The molecule has 4 nitrogen and oxygen atoms in total. The number of benzene rings is 2. The topological polar surface area (TPSA) is 72.2 Å². The molecule has 2 rings (SSSR count). The van der Waals surface area contributed by atoms with Crippen molar-refractivity contribution < 1.29 is 8.42 Å². The molecule has 0 aromatic heterocycles. The lowest BCUT2D eigenvalue weighted by Crippen LogP contribution is -2.23. The van der Waals surface area contributed by atoms with E-state index in [0.29, 0.717) is 5.02 Å². The lowest BCUT2D eigenvalue weighted by atomic mass is 10.1. The normalized spacial score (nSPS) is 11.5. The van der Waals surface area contributed by atoms with E-state index < -0.39 is 10.0 Å². The minimum Gasteiger partial charge on any atom is -0.397 e. The molecule has 2 aromatic rings. The summed E-state index contributed by atoms with van der Waals surface area (Å²) in [4.78, 5) is 0.105. The van der Waals surface area contributed by atoms with Crippen LogP contribution in [-0.2, 0) is 16.6 Å². The fourth-order valence-corrected chi connectivity index (χ4v) is 2.91. The van der Waals surface area contributed by atoms with Crippen LogP contribution in [0.4, 0.5) is 5.69 Å². The van der Waals surface area contributed by atoms with Crippen molar-refractivity contribution in [2.75, 3.05) is 5.73 Å². The van der Waals surface area contributed by atoms with Gasteiger partial charge in [0.15, 0.2) is 0 Å². The van der Waals surface area contributed by atoms with Crippen LogP contribution < -0.4 is 10.5 Å². The minimum absolute atomic E-state index is 0.105. The van der Waals surface area contributed by atoms with Gasteiger partial charge in [-0.2, -0.15) is 0 Å². The van der Waals surface area contributed by atoms with E-state index in [4.69, 9.17) is 17.3 Å². The average molecular weight is 311 g/mol. The Bertz CT molecular complexity index is 730. The van der Waals surface area contributed by atoms with Crippen LogP contribution in [0.1, 0.15) is 11.1 Å². The van der Waals surface area contributed by atoms with E-state index in [1.54, 1.807) is 0 Å². The van der Waals surface area contributed by atoms with Gasteiger partial charge in [0.25, 0.3) is 0 Å². The summed E-state index contributed by atoms with van der Waals surface area (Å²) in [6.07, 6.45) is 0. The summed E-state index contributed by atoms with van der Waals surface area (Å²) in [5.41, 5.74) is 7.83. The predicted molar refractivity (Wildman–Crippen MR) is 81.1 cm³/mol. The Labute approximate surface area is 123 Å². The lowest BCUT2D eigenvalue weighted by Gasteiger charge is -2.09. The summed E-state index contributed by atoms with van der Waals surface area (Å²) in [7, 11) is -3.60. The van der Waals surface area contributed by atoms with Crippen LogP contribution in [0, 0.1) is 6.92 Å². The summed E-state index contributed by atoms with van der Waals surface area (Å²) >= 11 is 5.78. The van der Waals surface area contributed by atoms with Crippen molar-refractivity contribution in [1.82, 2.24) is 4.72 Å². The molecule has 0 saturated heterocycles. The number of sulfonamides is 1. The van der Waals surface area contributed by atoms with Gasteiger partial charge in [0.2, 0.25) is 10.0 Å². The smallest absolute Gasteiger partial charge is 0.240 e. The number of nitrogens with one attached hydrogen (secondary N) is 1. The maximum Gasteiger partial charge on any atom is 0.240 e. The number of hydrogen-bond acceptors (Lipinski definition) is 3. The standard InChI is InChI=1S/C14H15ClN2O2S/c1-10-4-2-3-5-11(10)9-17-20(18,19)12-6-7-13(15)14(16)8-12/h2-8,17H,9,16H2,1H3.